The van der Waals surface area contributed by atoms with E-state index in [1.165, 1.54) is 16.8 Å². The number of piperidine rings is 1. The average molecular weight is 343 g/mol. The molecule has 2 heterocycles. The Hall–Kier alpha value is -2.67. The molecule has 1 aliphatic heterocycles. The number of hydrogen-bond acceptors (Lipinski definition) is 4. The molecule has 2 aromatic rings. The molecule has 1 fully saturated rings. The Morgan fingerprint density at radius 1 is 1.12 bits per heavy atom. The molecule has 1 aromatic carbocycles. The third-order valence-corrected chi connectivity index (χ3v) is 4.33. The van der Waals surface area contributed by atoms with E-state index < -0.39 is 11.2 Å². The number of likely N-dealkylation sites (tertiary alicyclic amines) is 1. The van der Waals surface area contributed by atoms with Gasteiger partial charge in [-0.2, -0.15) is 0 Å². The number of nitrogens with zero attached hydrogens (tertiary/aromatic N) is 2. The van der Waals surface area contributed by atoms with Crippen LogP contribution in [-0.2, 0) is 22.7 Å². The quantitative estimate of drug-likeness (QED) is 0.868. The summed E-state index contributed by atoms with van der Waals surface area (Å²) in [6.45, 7) is 1.73. The SMILES string of the molecule is O=C(Cn1ccc(=O)[nH]c1=O)N1CCC(OCc2ccccc2)CC1. The van der Waals surface area contributed by atoms with Crippen LogP contribution in [0.1, 0.15) is 18.4 Å². The summed E-state index contributed by atoms with van der Waals surface area (Å²) in [6, 6.07) is 11.2. The van der Waals surface area contributed by atoms with Crippen LogP contribution >= 0.6 is 0 Å². The molecule has 1 aromatic heterocycles. The molecule has 25 heavy (non-hydrogen) atoms. The van der Waals surface area contributed by atoms with Crippen LogP contribution in [0.4, 0.5) is 0 Å². The number of carbonyl (C=O) groups is 1. The van der Waals surface area contributed by atoms with Crippen LogP contribution in [0.25, 0.3) is 0 Å². The lowest BCUT2D eigenvalue weighted by atomic mass is 10.1. The Morgan fingerprint density at radius 3 is 2.52 bits per heavy atom. The summed E-state index contributed by atoms with van der Waals surface area (Å²) in [5, 5.41) is 0. The van der Waals surface area contributed by atoms with Gasteiger partial charge in [0.25, 0.3) is 5.56 Å². The van der Waals surface area contributed by atoms with Crippen LogP contribution in [-0.4, -0.2) is 39.6 Å². The highest BCUT2D eigenvalue weighted by Gasteiger charge is 2.23. The van der Waals surface area contributed by atoms with Crippen LogP contribution in [0, 0.1) is 0 Å². The molecule has 1 N–H and O–H groups in total. The van der Waals surface area contributed by atoms with Crippen LogP contribution in [0.3, 0.4) is 0 Å². The largest absolute Gasteiger partial charge is 0.373 e. The third-order valence-electron chi connectivity index (χ3n) is 4.33. The van der Waals surface area contributed by atoms with E-state index in [0.29, 0.717) is 19.7 Å². The number of aromatic nitrogens is 2. The first kappa shape index (κ1) is 17.2. The van der Waals surface area contributed by atoms with E-state index in [-0.39, 0.29) is 18.6 Å². The minimum Gasteiger partial charge on any atom is -0.373 e. The molecule has 0 unspecified atom stereocenters. The molecule has 0 radical (unpaired) electrons. The molecule has 0 atom stereocenters. The minimum atomic E-state index is -0.568. The van der Waals surface area contributed by atoms with Crippen molar-refractivity contribution in [1.82, 2.24) is 14.5 Å². The predicted molar refractivity (Wildman–Crippen MR) is 92.2 cm³/mol. The van der Waals surface area contributed by atoms with Crippen molar-refractivity contribution in [2.24, 2.45) is 0 Å². The van der Waals surface area contributed by atoms with Crippen LogP contribution in [0.5, 0.6) is 0 Å². The lowest BCUT2D eigenvalue weighted by molar-refractivity contribution is -0.134. The lowest BCUT2D eigenvalue weighted by Crippen LogP contribution is -2.43. The number of H-pyrrole nitrogens is 1. The summed E-state index contributed by atoms with van der Waals surface area (Å²) in [4.78, 5) is 38.9. The van der Waals surface area contributed by atoms with E-state index >= 15 is 0 Å². The Bertz CT molecular complexity index is 820. The zero-order chi connectivity index (χ0) is 17.6. The number of amides is 1. The first-order valence-corrected chi connectivity index (χ1v) is 8.35. The van der Waals surface area contributed by atoms with Gasteiger partial charge in [-0.3, -0.25) is 19.1 Å². The number of ether oxygens (including phenoxy) is 1. The molecule has 7 nitrogen and oxygen atoms in total. The first-order valence-electron chi connectivity index (χ1n) is 8.35. The smallest absolute Gasteiger partial charge is 0.328 e. The van der Waals surface area contributed by atoms with Gasteiger partial charge >= 0.3 is 5.69 Å². The summed E-state index contributed by atoms with van der Waals surface area (Å²) in [5.74, 6) is -0.129. The molecule has 1 aliphatic rings. The second-order valence-electron chi connectivity index (χ2n) is 6.11. The van der Waals surface area contributed by atoms with E-state index in [1.54, 1.807) is 4.90 Å². The molecule has 3 rings (SSSR count). The summed E-state index contributed by atoms with van der Waals surface area (Å²) >= 11 is 0. The molecule has 1 amide bonds. The van der Waals surface area contributed by atoms with Gasteiger partial charge in [-0.15, -0.1) is 0 Å². The molecule has 7 heteroatoms. The van der Waals surface area contributed by atoms with Gasteiger partial charge in [0, 0.05) is 25.4 Å². The van der Waals surface area contributed by atoms with Gasteiger partial charge in [-0.25, -0.2) is 4.79 Å². The topological polar surface area (TPSA) is 84.4 Å². The summed E-state index contributed by atoms with van der Waals surface area (Å²) in [5.41, 5.74) is 0.102. The van der Waals surface area contributed by atoms with Crippen molar-refractivity contribution in [3.63, 3.8) is 0 Å². The monoisotopic (exact) mass is 343 g/mol. The van der Waals surface area contributed by atoms with Crippen molar-refractivity contribution in [1.29, 1.82) is 0 Å². The van der Waals surface area contributed by atoms with E-state index in [2.05, 4.69) is 4.98 Å². The highest BCUT2D eigenvalue weighted by molar-refractivity contribution is 5.76. The standard InChI is InChI=1S/C18H21N3O4/c22-16-8-11-21(18(24)19-16)12-17(23)20-9-6-15(7-10-20)25-13-14-4-2-1-3-5-14/h1-5,8,11,15H,6-7,9-10,12-13H2,(H,19,22,24). The van der Waals surface area contributed by atoms with E-state index in [9.17, 15) is 14.4 Å². The van der Waals surface area contributed by atoms with Crippen LogP contribution in [0.2, 0.25) is 0 Å². The predicted octanol–water partition coefficient (Wildman–Crippen LogP) is 0.744. The van der Waals surface area contributed by atoms with E-state index in [0.717, 1.165) is 18.4 Å². The number of rotatable bonds is 5. The van der Waals surface area contributed by atoms with Gasteiger partial charge in [0.15, 0.2) is 0 Å². The van der Waals surface area contributed by atoms with Gasteiger partial charge in [0.05, 0.1) is 12.7 Å². The maximum absolute atomic E-state index is 12.3. The molecular formula is C18H21N3O4. The normalized spacial score (nSPS) is 15.3. The Labute approximate surface area is 144 Å². The molecule has 0 saturated carbocycles. The Kier molecular flexibility index (Phi) is 5.45. The maximum Gasteiger partial charge on any atom is 0.328 e. The number of aromatic amines is 1. The number of nitrogens with one attached hydrogen (secondary N) is 1. The Balaban J connectivity index is 1.47. The Morgan fingerprint density at radius 2 is 1.84 bits per heavy atom. The second-order valence-corrected chi connectivity index (χ2v) is 6.11. The van der Waals surface area contributed by atoms with Gasteiger partial charge in [-0.1, -0.05) is 30.3 Å². The van der Waals surface area contributed by atoms with Gasteiger partial charge in [0.1, 0.15) is 6.54 Å². The van der Waals surface area contributed by atoms with Crippen molar-refractivity contribution >= 4 is 5.91 Å². The average Bonchev–Trinajstić information content (AvgIpc) is 2.63. The summed E-state index contributed by atoms with van der Waals surface area (Å²) < 4.78 is 7.12. The van der Waals surface area contributed by atoms with Crippen molar-refractivity contribution in [3.05, 3.63) is 69.0 Å². The fraction of sp³-hybridized carbons (Fsp3) is 0.389. The number of benzene rings is 1. The van der Waals surface area contributed by atoms with Crippen molar-refractivity contribution in [2.75, 3.05) is 13.1 Å². The van der Waals surface area contributed by atoms with Gasteiger partial charge in [-0.05, 0) is 18.4 Å². The highest BCUT2D eigenvalue weighted by atomic mass is 16.5. The zero-order valence-corrected chi connectivity index (χ0v) is 13.9. The van der Waals surface area contributed by atoms with Gasteiger partial charge < -0.3 is 9.64 Å². The van der Waals surface area contributed by atoms with Gasteiger partial charge in [0.2, 0.25) is 5.91 Å². The molecule has 0 aliphatic carbocycles. The third kappa shape index (κ3) is 4.67. The molecule has 0 spiro atoms. The van der Waals surface area contributed by atoms with Crippen LogP contribution < -0.4 is 11.2 Å². The van der Waals surface area contributed by atoms with Crippen molar-refractivity contribution in [2.45, 2.75) is 32.1 Å². The second kappa shape index (κ2) is 7.94. The molecule has 132 valence electrons. The first-order chi connectivity index (χ1) is 12.1. The zero-order valence-electron chi connectivity index (χ0n) is 13.9. The van der Waals surface area contributed by atoms with E-state index in [4.69, 9.17) is 4.74 Å². The van der Waals surface area contributed by atoms with E-state index in [1.807, 2.05) is 30.3 Å². The summed E-state index contributed by atoms with van der Waals surface area (Å²) in [6.07, 6.45) is 3.03. The number of hydrogen-bond donors (Lipinski definition) is 1. The fourth-order valence-corrected chi connectivity index (χ4v) is 2.87. The van der Waals surface area contributed by atoms with Crippen molar-refractivity contribution < 1.29 is 9.53 Å². The van der Waals surface area contributed by atoms with Crippen molar-refractivity contribution in [3.8, 4) is 0 Å². The number of carbonyl (C=O) groups excluding carboxylic acids is 1. The molecule has 1 saturated heterocycles. The highest BCUT2D eigenvalue weighted by Crippen LogP contribution is 2.16. The fourth-order valence-electron chi connectivity index (χ4n) is 2.87. The minimum absolute atomic E-state index is 0.0643. The molecular weight excluding hydrogens is 322 g/mol. The maximum atomic E-state index is 12.3. The van der Waals surface area contributed by atoms with Crippen LogP contribution in [0.15, 0.2) is 52.2 Å². The molecule has 0 bridgehead atoms. The summed E-state index contributed by atoms with van der Waals surface area (Å²) in [7, 11) is 0. The lowest BCUT2D eigenvalue weighted by Gasteiger charge is -2.32.